The summed E-state index contributed by atoms with van der Waals surface area (Å²) in [4.78, 5) is 16.4. The number of unbranched alkanes of at least 4 members (excludes halogenated alkanes) is 1. The van der Waals surface area contributed by atoms with Crippen LogP contribution in [0.4, 0.5) is 0 Å². The Hall–Kier alpha value is -1.39. The molecular weight excluding hydrogens is 262 g/mol. The van der Waals surface area contributed by atoms with Crippen LogP contribution in [0, 0.1) is 13.8 Å². The fourth-order valence-corrected chi connectivity index (χ4v) is 2.22. The van der Waals surface area contributed by atoms with Gasteiger partial charge in [-0.15, -0.1) is 12.4 Å². The van der Waals surface area contributed by atoms with Crippen LogP contribution in [0.2, 0.25) is 0 Å². The molecule has 0 spiro atoms. The van der Waals surface area contributed by atoms with Gasteiger partial charge in [0.15, 0.2) is 0 Å². The molecule has 2 heterocycles. The van der Waals surface area contributed by atoms with Gasteiger partial charge >= 0.3 is 0 Å². The molecule has 4 nitrogen and oxygen atoms in total. The molecule has 0 aliphatic rings. The highest BCUT2D eigenvalue weighted by atomic mass is 35.5. The van der Waals surface area contributed by atoms with Crippen molar-refractivity contribution in [1.82, 2.24) is 9.55 Å². The highest BCUT2D eigenvalue weighted by molar-refractivity contribution is 5.85. The topological polar surface area (TPSA) is 60.9 Å². The highest BCUT2D eigenvalue weighted by Gasteiger charge is 2.07. The minimum atomic E-state index is 0. The number of aromatic nitrogens is 2. The third kappa shape index (κ3) is 3.33. The zero-order valence-electron chi connectivity index (χ0n) is 11.3. The van der Waals surface area contributed by atoms with Gasteiger partial charge in [0.2, 0.25) is 0 Å². The molecule has 0 aliphatic heterocycles. The van der Waals surface area contributed by atoms with Crippen molar-refractivity contribution in [2.75, 3.05) is 6.54 Å². The van der Waals surface area contributed by atoms with E-state index < -0.39 is 0 Å². The van der Waals surface area contributed by atoms with Crippen LogP contribution >= 0.6 is 12.4 Å². The molecule has 0 saturated heterocycles. The lowest BCUT2D eigenvalue weighted by Crippen LogP contribution is -2.21. The van der Waals surface area contributed by atoms with Gasteiger partial charge in [-0.1, -0.05) is 0 Å². The molecule has 0 amide bonds. The maximum absolute atomic E-state index is 11.9. The summed E-state index contributed by atoms with van der Waals surface area (Å²) in [5.74, 6) is 0. The number of aryl methyl sites for hydroxylation is 3. The van der Waals surface area contributed by atoms with Crippen molar-refractivity contribution in [3.63, 3.8) is 0 Å². The molecule has 104 valence electrons. The van der Waals surface area contributed by atoms with Crippen LogP contribution in [0.25, 0.3) is 11.0 Å². The Balaban J connectivity index is 0.00000180. The predicted octanol–water partition coefficient (Wildman–Crippen LogP) is 2.17. The second-order valence-corrected chi connectivity index (χ2v) is 4.64. The lowest BCUT2D eigenvalue weighted by molar-refractivity contribution is 0.610. The quantitative estimate of drug-likeness (QED) is 0.874. The molecule has 2 aromatic heterocycles. The van der Waals surface area contributed by atoms with E-state index in [0.717, 1.165) is 35.1 Å². The second-order valence-electron chi connectivity index (χ2n) is 4.64. The minimum absolute atomic E-state index is 0. The van der Waals surface area contributed by atoms with E-state index in [1.165, 1.54) is 0 Å². The molecule has 19 heavy (non-hydrogen) atoms. The van der Waals surface area contributed by atoms with E-state index in [-0.39, 0.29) is 18.0 Å². The fraction of sp³-hybridized carbons (Fsp3) is 0.429. The van der Waals surface area contributed by atoms with Crippen LogP contribution in [0.1, 0.15) is 24.1 Å². The third-order valence-corrected chi connectivity index (χ3v) is 3.12. The molecule has 0 aliphatic carbocycles. The summed E-state index contributed by atoms with van der Waals surface area (Å²) in [5.41, 5.74) is 8.39. The molecule has 5 heteroatoms. The Morgan fingerprint density at radius 3 is 2.68 bits per heavy atom. The van der Waals surface area contributed by atoms with Crippen molar-refractivity contribution < 1.29 is 0 Å². The smallest absolute Gasteiger partial charge is 0.252 e. The Kier molecular flexibility index (Phi) is 5.51. The number of nitrogens with zero attached hydrogens (tertiary/aromatic N) is 2. The number of fused-ring (bicyclic) bond motifs is 1. The average molecular weight is 282 g/mol. The molecule has 2 N–H and O–H groups in total. The van der Waals surface area contributed by atoms with Crippen LogP contribution in [0.15, 0.2) is 23.0 Å². The van der Waals surface area contributed by atoms with Gasteiger partial charge in [0.05, 0.1) is 0 Å². The van der Waals surface area contributed by atoms with E-state index in [9.17, 15) is 4.79 Å². The summed E-state index contributed by atoms with van der Waals surface area (Å²) < 4.78 is 1.75. The fourth-order valence-electron chi connectivity index (χ4n) is 2.22. The van der Waals surface area contributed by atoms with E-state index >= 15 is 0 Å². The first-order valence-electron chi connectivity index (χ1n) is 6.31. The molecule has 0 atom stereocenters. The standard InChI is InChI=1S/C14H19N3O.ClH/c1-10-9-11(2)16-14-12(10)5-6-13(18)17(14)8-4-3-7-15;/h5-6,9H,3-4,7-8,15H2,1-2H3;1H. The van der Waals surface area contributed by atoms with Crippen LogP contribution in [-0.4, -0.2) is 16.1 Å². The molecule has 0 aromatic carbocycles. The van der Waals surface area contributed by atoms with E-state index in [2.05, 4.69) is 4.98 Å². The van der Waals surface area contributed by atoms with Gasteiger partial charge in [0.1, 0.15) is 5.65 Å². The van der Waals surface area contributed by atoms with Crippen molar-refractivity contribution in [1.29, 1.82) is 0 Å². The van der Waals surface area contributed by atoms with Gasteiger partial charge in [0, 0.05) is 23.7 Å². The third-order valence-electron chi connectivity index (χ3n) is 3.12. The summed E-state index contributed by atoms with van der Waals surface area (Å²) in [6, 6.07) is 5.52. The number of hydrogen-bond acceptors (Lipinski definition) is 3. The van der Waals surface area contributed by atoms with E-state index in [1.807, 2.05) is 26.0 Å². The first-order chi connectivity index (χ1) is 8.63. The molecular formula is C14H20ClN3O. The van der Waals surface area contributed by atoms with Gasteiger partial charge < -0.3 is 5.73 Å². The molecule has 0 radical (unpaired) electrons. The lowest BCUT2D eigenvalue weighted by atomic mass is 10.1. The monoisotopic (exact) mass is 281 g/mol. The maximum Gasteiger partial charge on any atom is 0.252 e. The molecule has 0 bridgehead atoms. The van der Waals surface area contributed by atoms with E-state index in [1.54, 1.807) is 10.6 Å². The SMILES string of the molecule is Cc1cc(C)c2ccc(=O)n(CCCCN)c2n1.Cl. The molecule has 2 aromatic rings. The van der Waals surface area contributed by atoms with Crippen molar-refractivity contribution in [3.8, 4) is 0 Å². The van der Waals surface area contributed by atoms with Gasteiger partial charge in [0.25, 0.3) is 5.56 Å². The summed E-state index contributed by atoms with van der Waals surface area (Å²) in [7, 11) is 0. The zero-order chi connectivity index (χ0) is 13.1. The maximum atomic E-state index is 11.9. The normalized spacial score (nSPS) is 10.5. The van der Waals surface area contributed by atoms with Crippen molar-refractivity contribution in [3.05, 3.63) is 39.8 Å². The summed E-state index contributed by atoms with van der Waals surface area (Å²) in [5, 5.41) is 1.05. The van der Waals surface area contributed by atoms with Crippen molar-refractivity contribution in [2.45, 2.75) is 33.2 Å². The Labute approximate surface area is 119 Å². The van der Waals surface area contributed by atoms with Crippen LogP contribution in [0.5, 0.6) is 0 Å². The Morgan fingerprint density at radius 1 is 1.26 bits per heavy atom. The number of nitrogens with two attached hydrogens (primary N) is 1. The summed E-state index contributed by atoms with van der Waals surface area (Å²) in [6.07, 6.45) is 1.83. The summed E-state index contributed by atoms with van der Waals surface area (Å²) in [6.45, 7) is 5.34. The Morgan fingerprint density at radius 2 is 2.00 bits per heavy atom. The Bertz CT molecular complexity index is 622. The minimum Gasteiger partial charge on any atom is -0.330 e. The van der Waals surface area contributed by atoms with Crippen LogP contribution in [-0.2, 0) is 6.54 Å². The van der Waals surface area contributed by atoms with Gasteiger partial charge in [-0.05, 0) is 50.9 Å². The number of rotatable bonds is 4. The summed E-state index contributed by atoms with van der Waals surface area (Å²) >= 11 is 0. The second kappa shape index (κ2) is 6.68. The van der Waals surface area contributed by atoms with Gasteiger partial charge in [-0.3, -0.25) is 9.36 Å². The van der Waals surface area contributed by atoms with Gasteiger partial charge in [-0.25, -0.2) is 4.98 Å². The van der Waals surface area contributed by atoms with E-state index in [4.69, 9.17) is 5.73 Å². The largest absolute Gasteiger partial charge is 0.330 e. The average Bonchev–Trinajstić information content (AvgIpc) is 2.32. The number of hydrogen-bond donors (Lipinski definition) is 1. The molecule has 0 unspecified atom stereocenters. The predicted molar refractivity (Wildman–Crippen MR) is 81.0 cm³/mol. The first-order valence-corrected chi connectivity index (χ1v) is 6.31. The number of pyridine rings is 2. The highest BCUT2D eigenvalue weighted by Crippen LogP contribution is 2.16. The molecule has 0 fully saturated rings. The first kappa shape index (κ1) is 15.7. The zero-order valence-corrected chi connectivity index (χ0v) is 12.2. The van der Waals surface area contributed by atoms with E-state index in [0.29, 0.717) is 13.1 Å². The van der Waals surface area contributed by atoms with Crippen LogP contribution < -0.4 is 11.3 Å². The molecule has 0 saturated carbocycles. The lowest BCUT2D eigenvalue weighted by Gasteiger charge is -2.11. The van der Waals surface area contributed by atoms with Gasteiger partial charge in [-0.2, -0.15) is 0 Å². The number of halogens is 1. The van der Waals surface area contributed by atoms with Crippen molar-refractivity contribution >= 4 is 23.4 Å². The van der Waals surface area contributed by atoms with Crippen LogP contribution in [0.3, 0.4) is 0 Å². The molecule has 2 rings (SSSR count). The van der Waals surface area contributed by atoms with Crippen molar-refractivity contribution in [2.24, 2.45) is 5.73 Å².